The van der Waals surface area contributed by atoms with Crippen molar-refractivity contribution in [2.75, 3.05) is 21.1 Å². The van der Waals surface area contributed by atoms with Crippen LogP contribution < -0.4 is 0 Å². The number of carbonyl (C=O) groups excluding carboxylic acids is 1. The standard InChI is InChI=1S/C17H24Cl2N2O/c1-20(2)15-6-4-5-7-16(15)21(3)17(22)11-12-8-9-13(18)14(19)10-12/h8-10,15-16H,4-7,11H2,1-3H3/t15-,16-/m0/s1. The van der Waals surface area contributed by atoms with E-state index in [1.54, 1.807) is 12.1 Å². The fourth-order valence-corrected chi connectivity index (χ4v) is 3.60. The smallest absolute Gasteiger partial charge is 0.227 e. The average Bonchev–Trinajstić information content (AvgIpc) is 2.50. The van der Waals surface area contributed by atoms with Crippen LogP contribution in [0, 0.1) is 0 Å². The van der Waals surface area contributed by atoms with Gasteiger partial charge in [0.15, 0.2) is 0 Å². The van der Waals surface area contributed by atoms with Gasteiger partial charge in [0.05, 0.1) is 16.5 Å². The average molecular weight is 343 g/mol. The molecule has 1 saturated carbocycles. The van der Waals surface area contributed by atoms with Gasteiger partial charge in [0.25, 0.3) is 0 Å². The van der Waals surface area contributed by atoms with E-state index < -0.39 is 0 Å². The molecule has 5 heteroatoms. The number of hydrogen-bond acceptors (Lipinski definition) is 2. The SMILES string of the molecule is CN(C)[C@H]1CCCC[C@@H]1N(C)C(=O)Cc1ccc(Cl)c(Cl)c1. The molecule has 2 atom stereocenters. The van der Waals surface area contributed by atoms with E-state index >= 15 is 0 Å². The van der Waals surface area contributed by atoms with Crippen molar-refractivity contribution in [1.29, 1.82) is 0 Å². The molecule has 122 valence electrons. The highest BCUT2D eigenvalue weighted by molar-refractivity contribution is 6.42. The summed E-state index contributed by atoms with van der Waals surface area (Å²) < 4.78 is 0. The van der Waals surface area contributed by atoms with Gasteiger partial charge < -0.3 is 9.80 Å². The van der Waals surface area contributed by atoms with Crippen LogP contribution >= 0.6 is 23.2 Å². The van der Waals surface area contributed by atoms with Crippen molar-refractivity contribution >= 4 is 29.1 Å². The molecule has 0 aromatic heterocycles. The zero-order chi connectivity index (χ0) is 16.3. The van der Waals surface area contributed by atoms with Crippen molar-refractivity contribution in [3.05, 3.63) is 33.8 Å². The molecular weight excluding hydrogens is 319 g/mol. The van der Waals surface area contributed by atoms with E-state index in [2.05, 4.69) is 19.0 Å². The Morgan fingerprint density at radius 3 is 2.32 bits per heavy atom. The van der Waals surface area contributed by atoms with Crippen molar-refractivity contribution < 1.29 is 4.79 Å². The van der Waals surface area contributed by atoms with Crippen LogP contribution in [0.5, 0.6) is 0 Å². The van der Waals surface area contributed by atoms with Gasteiger partial charge in [0, 0.05) is 19.1 Å². The van der Waals surface area contributed by atoms with Crippen LogP contribution in [-0.4, -0.2) is 48.9 Å². The Kier molecular flexibility index (Phi) is 6.13. The highest BCUT2D eigenvalue weighted by atomic mass is 35.5. The summed E-state index contributed by atoms with van der Waals surface area (Å²) in [6.07, 6.45) is 5.03. The number of rotatable bonds is 4. The Balaban J connectivity index is 2.05. The number of likely N-dealkylation sites (N-methyl/N-ethyl adjacent to an activating group) is 2. The summed E-state index contributed by atoms with van der Waals surface area (Å²) in [4.78, 5) is 16.8. The van der Waals surface area contributed by atoms with E-state index in [9.17, 15) is 4.79 Å². The lowest BCUT2D eigenvalue weighted by Gasteiger charge is -2.41. The second-order valence-corrected chi connectivity index (χ2v) is 7.13. The first kappa shape index (κ1) is 17.6. The van der Waals surface area contributed by atoms with E-state index in [1.165, 1.54) is 12.8 Å². The van der Waals surface area contributed by atoms with Gasteiger partial charge in [0.2, 0.25) is 5.91 Å². The molecule has 1 aromatic carbocycles. The summed E-state index contributed by atoms with van der Waals surface area (Å²) in [5.74, 6) is 0.136. The molecule has 22 heavy (non-hydrogen) atoms. The molecule has 0 aliphatic heterocycles. The Hall–Kier alpha value is -0.770. The van der Waals surface area contributed by atoms with Gasteiger partial charge in [-0.3, -0.25) is 4.79 Å². The van der Waals surface area contributed by atoms with Gasteiger partial charge in [-0.1, -0.05) is 42.1 Å². The molecule has 1 aliphatic carbocycles. The third kappa shape index (κ3) is 4.15. The van der Waals surface area contributed by atoms with Crippen LogP contribution in [0.15, 0.2) is 18.2 Å². The number of benzene rings is 1. The summed E-state index contributed by atoms with van der Waals surface area (Å²) in [6, 6.07) is 6.12. The van der Waals surface area contributed by atoms with E-state index in [1.807, 2.05) is 18.0 Å². The Morgan fingerprint density at radius 2 is 1.73 bits per heavy atom. The monoisotopic (exact) mass is 342 g/mol. The van der Waals surface area contributed by atoms with Crippen molar-refractivity contribution in [3.63, 3.8) is 0 Å². The summed E-state index contributed by atoms with van der Waals surface area (Å²) >= 11 is 11.9. The molecule has 0 heterocycles. The number of amides is 1. The lowest BCUT2D eigenvalue weighted by Crippen LogP contribution is -2.52. The topological polar surface area (TPSA) is 23.6 Å². The summed E-state index contributed by atoms with van der Waals surface area (Å²) in [6.45, 7) is 0. The predicted molar refractivity (Wildman–Crippen MR) is 92.7 cm³/mol. The molecule has 1 amide bonds. The Bertz CT molecular complexity index is 533. The van der Waals surface area contributed by atoms with Gasteiger partial charge in [-0.15, -0.1) is 0 Å². The largest absolute Gasteiger partial charge is 0.341 e. The summed E-state index contributed by atoms with van der Waals surface area (Å²) in [5, 5.41) is 1.02. The van der Waals surface area contributed by atoms with Gasteiger partial charge in [-0.05, 0) is 44.6 Å². The fourth-order valence-electron chi connectivity index (χ4n) is 3.28. The highest BCUT2D eigenvalue weighted by Gasteiger charge is 2.31. The molecule has 0 unspecified atom stereocenters. The number of carbonyl (C=O) groups is 1. The van der Waals surface area contributed by atoms with Crippen LogP contribution in [-0.2, 0) is 11.2 Å². The summed E-state index contributed by atoms with van der Waals surface area (Å²) in [5.41, 5.74) is 0.906. The third-order valence-electron chi connectivity index (χ3n) is 4.59. The second-order valence-electron chi connectivity index (χ2n) is 6.31. The molecule has 0 N–H and O–H groups in total. The quantitative estimate of drug-likeness (QED) is 0.829. The fraction of sp³-hybridized carbons (Fsp3) is 0.588. The molecule has 0 radical (unpaired) electrons. The molecule has 1 aliphatic rings. The first-order valence-corrected chi connectivity index (χ1v) is 8.51. The molecule has 1 fully saturated rings. The van der Waals surface area contributed by atoms with Crippen molar-refractivity contribution in [3.8, 4) is 0 Å². The van der Waals surface area contributed by atoms with E-state index in [0.717, 1.165) is 18.4 Å². The highest BCUT2D eigenvalue weighted by Crippen LogP contribution is 2.27. The molecular formula is C17H24Cl2N2O. The van der Waals surface area contributed by atoms with Gasteiger partial charge in [0.1, 0.15) is 0 Å². The van der Waals surface area contributed by atoms with Crippen LogP contribution in [0.3, 0.4) is 0 Å². The molecule has 0 spiro atoms. The maximum atomic E-state index is 12.6. The second kappa shape index (κ2) is 7.67. The zero-order valence-electron chi connectivity index (χ0n) is 13.5. The zero-order valence-corrected chi connectivity index (χ0v) is 15.0. The minimum Gasteiger partial charge on any atom is -0.341 e. The van der Waals surface area contributed by atoms with E-state index in [-0.39, 0.29) is 5.91 Å². The van der Waals surface area contributed by atoms with Crippen molar-refractivity contribution in [2.24, 2.45) is 0 Å². The first-order valence-electron chi connectivity index (χ1n) is 7.76. The molecule has 1 aromatic rings. The maximum Gasteiger partial charge on any atom is 0.227 e. The molecule has 0 bridgehead atoms. The van der Waals surface area contributed by atoms with Crippen molar-refractivity contribution in [2.45, 2.75) is 44.2 Å². The van der Waals surface area contributed by atoms with E-state index in [0.29, 0.717) is 28.5 Å². The van der Waals surface area contributed by atoms with Crippen LogP contribution in [0.4, 0.5) is 0 Å². The van der Waals surface area contributed by atoms with Gasteiger partial charge in [-0.2, -0.15) is 0 Å². The van der Waals surface area contributed by atoms with Gasteiger partial charge in [-0.25, -0.2) is 0 Å². The number of halogens is 2. The number of nitrogens with zero attached hydrogens (tertiary/aromatic N) is 2. The maximum absolute atomic E-state index is 12.6. The Morgan fingerprint density at radius 1 is 1.09 bits per heavy atom. The minimum absolute atomic E-state index is 0.136. The van der Waals surface area contributed by atoms with Gasteiger partial charge >= 0.3 is 0 Å². The van der Waals surface area contributed by atoms with Crippen LogP contribution in [0.1, 0.15) is 31.2 Å². The normalized spacial score (nSPS) is 21.9. The van der Waals surface area contributed by atoms with Crippen molar-refractivity contribution in [1.82, 2.24) is 9.80 Å². The minimum atomic E-state index is 0.136. The number of hydrogen-bond donors (Lipinski definition) is 0. The first-order chi connectivity index (χ1) is 10.4. The summed E-state index contributed by atoms with van der Waals surface area (Å²) in [7, 11) is 6.12. The lowest BCUT2D eigenvalue weighted by atomic mass is 9.88. The lowest BCUT2D eigenvalue weighted by molar-refractivity contribution is -0.133. The molecule has 0 saturated heterocycles. The Labute approximate surface area is 143 Å². The third-order valence-corrected chi connectivity index (χ3v) is 5.33. The predicted octanol–water partition coefficient (Wildman–Crippen LogP) is 3.87. The molecule has 2 rings (SSSR count). The van der Waals surface area contributed by atoms with Crippen LogP contribution in [0.2, 0.25) is 10.0 Å². The van der Waals surface area contributed by atoms with E-state index in [4.69, 9.17) is 23.2 Å². The molecule has 3 nitrogen and oxygen atoms in total. The van der Waals surface area contributed by atoms with Crippen LogP contribution in [0.25, 0.3) is 0 Å².